The van der Waals surface area contributed by atoms with Gasteiger partial charge >= 0.3 is 0 Å². The Labute approximate surface area is 112 Å². The molecule has 1 aliphatic carbocycles. The van der Waals surface area contributed by atoms with Crippen molar-refractivity contribution in [3.63, 3.8) is 0 Å². The molecule has 1 fully saturated rings. The maximum atomic E-state index is 3.71. The van der Waals surface area contributed by atoms with E-state index in [1.165, 1.54) is 57.1 Å². The summed E-state index contributed by atoms with van der Waals surface area (Å²) in [5, 5.41) is 3.71. The van der Waals surface area contributed by atoms with Gasteiger partial charge in [0.2, 0.25) is 0 Å². The van der Waals surface area contributed by atoms with Gasteiger partial charge in [-0.25, -0.2) is 0 Å². The van der Waals surface area contributed by atoms with Crippen LogP contribution in [0.5, 0.6) is 0 Å². The first-order chi connectivity index (χ1) is 8.90. The van der Waals surface area contributed by atoms with Gasteiger partial charge in [-0.05, 0) is 37.4 Å². The van der Waals surface area contributed by atoms with Gasteiger partial charge in [0.15, 0.2) is 0 Å². The van der Waals surface area contributed by atoms with Gasteiger partial charge in [-0.15, -0.1) is 0 Å². The minimum absolute atomic E-state index is 0.531. The smallest absolute Gasteiger partial charge is 0.0475 e. The second-order valence-electron chi connectivity index (χ2n) is 5.73. The van der Waals surface area contributed by atoms with Gasteiger partial charge in [0, 0.05) is 17.9 Å². The fourth-order valence-corrected chi connectivity index (χ4v) is 3.13. The zero-order chi connectivity index (χ0) is 12.6. The normalized spacial score (nSPS) is 19.6. The van der Waals surface area contributed by atoms with Crippen molar-refractivity contribution in [3.05, 3.63) is 24.0 Å². The molecule has 2 nitrogen and oxygen atoms in total. The second kappa shape index (κ2) is 7.63. The third kappa shape index (κ3) is 4.16. The molecule has 1 unspecified atom stereocenters. The van der Waals surface area contributed by atoms with Crippen LogP contribution in [0.25, 0.3) is 0 Å². The van der Waals surface area contributed by atoms with E-state index < -0.39 is 0 Å². The molecular formula is C16H28N2. The highest BCUT2D eigenvalue weighted by molar-refractivity contribution is 5.09. The van der Waals surface area contributed by atoms with E-state index in [0.29, 0.717) is 6.04 Å². The number of H-pyrrole nitrogens is 1. The van der Waals surface area contributed by atoms with Gasteiger partial charge in [0.05, 0.1) is 0 Å². The van der Waals surface area contributed by atoms with Crippen molar-refractivity contribution in [2.24, 2.45) is 5.92 Å². The van der Waals surface area contributed by atoms with Crippen molar-refractivity contribution in [3.8, 4) is 0 Å². The van der Waals surface area contributed by atoms with E-state index in [1.54, 1.807) is 0 Å². The third-order valence-corrected chi connectivity index (χ3v) is 4.18. The molecule has 1 aliphatic rings. The van der Waals surface area contributed by atoms with Crippen LogP contribution in [0.2, 0.25) is 0 Å². The third-order valence-electron chi connectivity index (χ3n) is 4.18. The van der Waals surface area contributed by atoms with Gasteiger partial charge in [-0.3, -0.25) is 0 Å². The monoisotopic (exact) mass is 248 g/mol. The lowest BCUT2D eigenvalue weighted by Crippen LogP contribution is -2.24. The van der Waals surface area contributed by atoms with Crippen molar-refractivity contribution < 1.29 is 0 Å². The van der Waals surface area contributed by atoms with Crippen molar-refractivity contribution in [2.45, 2.75) is 64.3 Å². The largest absolute Gasteiger partial charge is 0.364 e. The molecule has 1 saturated carbocycles. The molecule has 2 heteroatoms. The number of aromatic amines is 1. The molecule has 1 atom stereocenters. The average molecular weight is 248 g/mol. The molecule has 0 bridgehead atoms. The zero-order valence-corrected chi connectivity index (χ0v) is 11.8. The summed E-state index contributed by atoms with van der Waals surface area (Å²) in [6, 6.07) is 4.87. The van der Waals surface area contributed by atoms with Crippen LogP contribution in [0, 0.1) is 5.92 Å². The number of nitrogens with one attached hydrogen (secondary N) is 2. The first-order valence-corrected chi connectivity index (χ1v) is 7.77. The van der Waals surface area contributed by atoms with E-state index in [0.717, 1.165) is 12.5 Å². The Hall–Kier alpha value is -0.760. The fourth-order valence-electron chi connectivity index (χ4n) is 3.13. The fraction of sp³-hybridized carbons (Fsp3) is 0.750. The van der Waals surface area contributed by atoms with E-state index in [4.69, 9.17) is 0 Å². The van der Waals surface area contributed by atoms with Crippen LogP contribution in [-0.2, 0) is 0 Å². The maximum absolute atomic E-state index is 3.71. The molecule has 0 radical (unpaired) electrons. The molecule has 0 spiro atoms. The highest BCUT2D eigenvalue weighted by atomic mass is 14.9. The summed E-state index contributed by atoms with van der Waals surface area (Å²) in [5.74, 6) is 0.921. The Morgan fingerprint density at radius 1 is 1.28 bits per heavy atom. The van der Waals surface area contributed by atoms with Crippen molar-refractivity contribution in [1.29, 1.82) is 0 Å². The highest BCUT2D eigenvalue weighted by Crippen LogP contribution is 2.30. The van der Waals surface area contributed by atoms with Crippen molar-refractivity contribution in [2.75, 3.05) is 6.54 Å². The number of rotatable bonds is 6. The standard InChI is InChI=1S/C16H28N2/c1-2-11-17-16(15-10-7-12-18-15)13-14-8-5-3-4-6-9-14/h7,10,12,14,16-18H,2-6,8-9,11,13H2,1H3. The molecule has 1 aromatic rings. The van der Waals surface area contributed by atoms with Gasteiger partial charge in [0.1, 0.15) is 0 Å². The average Bonchev–Trinajstić information content (AvgIpc) is 2.80. The van der Waals surface area contributed by atoms with E-state index in [9.17, 15) is 0 Å². The molecule has 2 N–H and O–H groups in total. The lowest BCUT2D eigenvalue weighted by atomic mass is 9.91. The summed E-state index contributed by atoms with van der Waals surface area (Å²) in [5.41, 5.74) is 1.37. The number of hydrogen-bond donors (Lipinski definition) is 2. The quantitative estimate of drug-likeness (QED) is 0.717. The summed E-state index contributed by atoms with van der Waals surface area (Å²) in [7, 11) is 0. The van der Waals surface area contributed by atoms with Gasteiger partial charge in [-0.2, -0.15) is 0 Å². The van der Waals surface area contributed by atoms with Crippen molar-refractivity contribution in [1.82, 2.24) is 10.3 Å². The van der Waals surface area contributed by atoms with Crippen LogP contribution < -0.4 is 5.32 Å². The predicted octanol–water partition coefficient (Wildman–Crippen LogP) is 4.42. The Kier molecular flexibility index (Phi) is 5.79. The van der Waals surface area contributed by atoms with E-state index in [-0.39, 0.29) is 0 Å². The minimum Gasteiger partial charge on any atom is -0.364 e. The van der Waals surface area contributed by atoms with Crippen LogP contribution in [0.3, 0.4) is 0 Å². The molecule has 1 aromatic heterocycles. The summed E-state index contributed by atoms with van der Waals surface area (Å²) < 4.78 is 0. The van der Waals surface area contributed by atoms with Crippen LogP contribution in [-0.4, -0.2) is 11.5 Å². The van der Waals surface area contributed by atoms with Gasteiger partial charge in [-0.1, -0.05) is 45.4 Å². The first-order valence-electron chi connectivity index (χ1n) is 7.77. The van der Waals surface area contributed by atoms with Gasteiger partial charge in [0.25, 0.3) is 0 Å². The Morgan fingerprint density at radius 2 is 2.06 bits per heavy atom. The van der Waals surface area contributed by atoms with E-state index in [1.807, 2.05) is 6.20 Å². The summed E-state index contributed by atoms with van der Waals surface area (Å²) >= 11 is 0. The Balaban J connectivity index is 1.91. The number of aromatic nitrogens is 1. The molecule has 102 valence electrons. The second-order valence-corrected chi connectivity index (χ2v) is 5.73. The summed E-state index contributed by atoms with van der Waals surface area (Å²) in [6.07, 6.45) is 13.2. The maximum Gasteiger partial charge on any atom is 0.0475 e. The molecule has 0 saturated heterocycles. The molecule has 0 aliphatic heterocycles. The van der Waals surface area contributed by atoms with Crippen LogP contribution in [0.15, 0.2) is 18.3 Å². The van der Waals surface area contributed by atoms with Crippen LogP contribution in [0.1, 0.15) is 70.0 Å². The predicted molar refractivity (Wildman–Crippen MR) is 77.6 cm³/mol. The Morgan fingerprint density at radius 3 is 2.67 bits per heavy atom. The SMILES string of the molecule is CCCNC(CC1CCCCCC1)c1ccc[nH]1. The lowest BCUT2D eigenvalue weighted by molar-refractivity contribution is 0.353. The van der Waals surface area contributed by atoms with Crippen molar-refractivity contribution >= 4 is 0 Å². The molecule has 18 heavy (non-hydrogen) atoms. The molecule has 0 amide bonds. The highest BCUT2D eigenvalue weighted by Gasteiger charge is 2.19. The van der Waals surface area contributed by atoms with Crippen LogP contribution in [0.4, 0.5) is 0 Å². The molecule has 2 rings (SSSR count). The summed E-state index contributed by atoms with van der Waals surface area (Å²) in [4.78, 5) is 3.39. The van der Waals surface area contributed by atoms with Gasteiger partial charge < -0.3 is 10.3 Å². The van der Waals surface area contributed by atoms with Crippen LogP contribution >= 0.6 is 0 Å². The first kappa shape index (κ1) is 13.7. The zero-order valence-electron chi connectivity index (χ0n) is 11.8. The Bertz CT molecular complexity index is 297. The molecule has 0 aromatic carbocycles. The molecular weight excluding hydrogens is 220 g/mol. The topological polar surface area (TPSA) is 27.8 Å². The minimum atomic E-state index is 0.531. The number of hydrogen-bond acceptors (Lipinski definition) is 1. The summed E-state index contributed by atoms with van der Waals surface area (Å²) in [6.45, 7) is 3.36. The van der Waals surface area contributed by atoms with E-state index in [2.05, 4.69) is 29.4 Å². The van der Waals surface area contributed by atoms with E-state index >= 15 is 0 Å². The molecule has 1 heterocycles. The lowest BCUT2D eigenvalue weighted by Gasteiger charge is -2.23.